The van der Waals surface area contributed by atoms with Gasteiger partial charge in [0.25, 0.3) is 0 Å². The van der Waals surface area contributed by atoms with Gasteiger partial charge in [0.15, 0.2) is 0 Å². The number of rotatable bonds is 7. The van der Waals surface area contributed by atoms with Gasteiger partial charge < -0.3 is 9.80 Å². The number of hydrogen-bond donors (Lipinski definition) is 0. The summed E-state index contributed by atoms with van der Waals surface area (Å²) >= 11 is 0. The van der Waals surface area contributed by atoms with Crippen LogP contribution in [0.5, 0.6) is 0 Å². The van der Waals surface area contributed by atoms with E-state index in [0.29, 0.717) is 0 Å². The molecular weight excluding hydrogens is 322 g/mol. The zero-order valence-corrected chi connectivity index (χ0v) is 15.6. The van der Waals surface area contributed by atoms with Crippen molar-refractivity contribution < 1.29 is 0 Å². The van der Waals surface area contributed by atoms with Gasteiger partial charge in [0.1, 0.15) is 5.82 Å². The zero-order valence-electron chi connectivity index (χ0n) is 15.6. The minimum atomic E-state index is 0.750. The third kappa shape index (κ3) is 4.79. The highest BCUT2D eigenvalue weighted by Gasteiger charge is 2.11. The second-order valence-corrected chi connectivity index (χ2v) is 6.54. The van der Waals surface area contributed by atoms with E-state index in [2.05, 4.69) is 63.2 Å². The van der Waals surface area contributed by atoms with Gasteiger partial charge in [-0.2, -0.15) is 4.98 Å². The number of benzene rings is 1. The van der Waals surface area contributed by atoms with Gasteiger partial charge in [-0.3, -0.25) is 4.98 Å². The lowest BCUT2D eigenvalue weighted by Gasteiger charge is -2.22. The molecule has 0 fully saturated rings. The molecule has 26 heavy (non-hydrogen) atoms. The molecule has 2 heterocycles. The van der Waals surface area contributed by atoms with Crippen LogP contribution in [0.4, 0.5) is 11.8 Å². The number of aromatic nitrogens is 3. The van der Waals surface area contributed by atoms with E-state index >= 15 is 0 Å². The van der Waals surface area contributed by atoms with Crippen LogP contribution < -0.4 is 9.80 Å². The van der Waals surface area contributed by atoms with E-state index < -0.39 is 0 Å². The highest BCUT2D eigenvalue weighted by molar-refractivity contribution is 5.45. The molecule has 0 spiro atoms. The molecule has 0 radical (unpaired) electrons. The van der Waals surface area contributed by atoms with Crippen molar-refractivity contribution in [2.75, 3.05) is 30.4 Å². The van der Waals surface area contributed by atoms with E-state index in [1.807, 2.05) is 38.5 Å². The molecule has 0 atom stereocenters. The van der Waals surface area contributed by atoms with Gasteiger partial charge in [-0.1, -0.05) is 30.3 Å². The Bertz CT molecular complexity index is 820. The number of likely N-dealkylation sites (N-methyl/N-ethyl adjacent to an activating group) is 1. The average molecular weight is 347 g/mol. The standard InChI is InChI=1S/C21H25N5/c1-17-15-20(25(2)14-11-18-9-12-22-13-10-18)24-21(23-17)26(3)16-19-7-5-4-6-8-19/h4-10,12-13,15H,11,14,16H2,1-3H3. The predicted octanol–water partition coefficient (Wildman–Crippen LogP) is 3.50. The predicted molar refractivity (Wildman–Crippen MR) is 107 cm³/mol. The third-order valence-electron chi connectivity index (χ3n) is 4.31. The summed E-state index contributed by atoms with van der Waals surface area (Å²) < 4.78 is 0. The second-order valence-electron chi connectivity index (χ2n) is 6.54. The van der Waals surface area contributed by atoms with Gasteiger partial charge in [0.2, 0.25) is 5.95 Å². The van der Waals surface area contributed by atoms with E-state index in [1.165, 1.54) is 11.1 Å². The van der Waals surface area contributed by atoms with Crippen molar-refractivity contribution in [3.63, 3.8) is 0 Å². The molecule has 0 aliphatic carbocycles. The van der Waals surface area contributed by atoms with Crippen molar-refractivity contribution >= 4 is 11.8 Å². The molecule has 0 saturated heterocycles. The first-order valence-electron chi connectivity index (χ1n) is 8.82. The van der Waals surface area contributed by atoms with E-state index in [-0.39, 0.29) is 0 Å². The first kappa shape index (κ1) is 17.9. The van der Waals surface area contributed by atoms with Crippen LogP contribution in [0.1, 0.15) is 16.8 Å². The summed E-state index contributed by atoms with van der Waals surface area (Å²) in [6.45, 7) is 3.69. The normalized spacial score (nSPS) is 10.6. The Kier molecular flexibility index (Phi) is 5.79. The lowest BCUT2D eigenvalue weighted by atomic mass is 10.2. The molecule has 134 valence electrons. The number of hydrogen-bond acceptors (Lipinski definition) is 5. The molecule has 0 bridgehead atoms. The molecule has 5 heteroatoms. The molecule has 3 rings (SSSR count). The van der Waals surface area contributed by atoms with Crippen molar-refractivity contribution in [1.82, 2.24) is 15.0 Å². The summed E-state index contributed by atoms with van der Waals surface area (Å²) in [5.74, 6) is 1.70. The van der Waals surface area contributed by atoms with Gasteiger partial charge in [-0.25, -0.2) is 4.98 Å². The molecule has 0 saturated carbocycles. The quantitative estimate of drug-likeness (QED) is 0.655. The first-order valence-corrected chi connectivity index (χ1v) is 8.82. The lowest BCUT2D eigenvalue weighted by molar-refractivity contribution is 0.824. The molecule has 0 unspecified atom stereocenters. The van der Waals surface area contributed by atoms with E-state index in [9.17, 15) is 0 Å². The molecule has 2 aromatic heterocycles. The highest BCUT2D eigenvalue weighted by Crippen LogP contribution is 2.17. The SMILES string of the molecule is Cc1cc(N(C)CCc2ccncc2)nc(N(C)Cc2ccccc2)n1. The Morgan fingerprint density at radius 3 is 2.31 bits per heavy atom. The van der Waals surface area contributed by atoms with Crippen LogP contribution in [0, 0.1) is 6.92 Å². The van der Waals surface area contributed by atoms with Crippen molar-refractivity contribution in [2.24, 2.45) is 0 Å². The largest absolute Gasteiger partial charge is 0.359 e. The third-order valence-corrected chi connectivity index (χ3v) is 4.31. The molecule has 3 aromatic rings. The summed E-state index contributed by atoms with van der Waals surface area (Å²) in [5.41, 5.74) is 3.49. The summed E-state index contributed by atoms with van der Waals surface area (Å²) in [7, 11) is 4.10. The fourth-order valence-corrected chi connectivity index (χ4v) is 2.79. The van der Waals surface area contributed by atoms with E-state index in [0.717, 1.165) is 37.0 Å². The lowest BCUT2D eigenvalue weighted by Crippen LogP contribution is -2.24. The van der Waals surface area contributed by atoms with Crippen LogP contribution in [0.25, 0.3) is 0 Å². The Morgan fingerprint density at radius 2 is 1.58 bits per heavy atom. The van der Waals surface area contributed by atoms with Crippen molar-refractivity contribution in [1.29, 1.82) is 0 Å². The summed E-state index contributed by atoms with van der Waals surface area (Å²) in [4.78, 5) is 17.7. The molecule has 0 aliphatic heterocycles. The fourth-order valence-electron chi connectivity index (χ4n) is 2.79. The van der Waals surface area contributed by atoms with Gasteiger partial charge in [0.05, 0.1) is 0 Å². The maximum absolute atomic E-state index is 4.77. The fraction of sp³-hybridized carbons (Fsp3) is 0.286. The van der Waals surface area contributed by atoms with Gasteiger partial charge in [-0.05, 0) is 36.6 Å². The average Bonchev–Trinajstić information content (AvgIpc) is 2.67. The monoisotopic (exact) mass is 347 g/mol. The highest BCUT2D eigenvalue weighted by atomic mass is 15.3. The van der Waals surface area contributed by atoms with Gasteiger partial charge in [-0.15, -0.1) is 0 Å². The van der Waals surface area contributed by atoms with Crippen molar-refractivity contribution in [3.05, 3.63) is 77.7 Å². The summed E-state index contributed by atoms with van der Waals surface area (Å²) in [6, 6.07) is 16.5. The Hall–Kier alpha value is -2.95. The van der Waals surface area contributed by atoms with Crippen LogP contribution in [-0.2, 0) is 13.0 Å². The van der Waals surface area contributed by atoms with Crippen molar-refractivity contribution in [2.45, 2.75) is 19.9 Å². The Labute approximate surface area is 155 Å². The minimum absolute atomic E-state index is 0.750. The van der Waals surface area contributed by atoms with E-state index in [1.54, 1.807) is 0 Å². The smallest absolute Gasteiger partial charge is 0.227 e. The van der Waals surface area contributed by atoms with Crippen LogP contribution >= 0.6 is 0 Å². The molecule has 0 N–H and O–H groups in total. The van der Waals surface area contributed by atoms with E-state index in [4.69, 9.17) is 4.98 Å². The summed E-state index contributed by atoms with van der Waals surface area (Å²) in [5, 5.41) is 0. The summed E-state index contributed by atoms with van der Waals surface area (Å²) in [6.07, 6.45) is 4.62. The number of anilines is 2. The molecule has 1 aromatic carbocycles. The number of aryl methyl sites for hydroxylation is 1. The van der Waals surface area contributed by atoms with Crippen LogP contribution in [-0.4, -0.2) is 35.6 Å². The second kappa shape index (κ2) is 8.43. The number of pyridine rings is 1. The topological polar surface area (TPSA) is 45.2 Å². The van der Waals surface area contributed by atoms with Crippen LogP contribution in [0.2, 0.25) is 0 Å². The Balaban J connectivity index is 1.70. The van der Waals surface area contributed by atoms with Gasteiger partial charge in [0, 0.05) is 51.3 Å². The molecule has 0 amide bonds. The Morgan fingerprint density at radius 1 is 0.846 bits per heavy atom. The maximum Gasteiger partial charge on any atom is 0.227 e. The van der Waals surface area contributed by atoms with Gasteiger partial charge >= 0.3 is 0 Å². The molecule has 5 nitrogen and oxygen atoms in total. The van der Waals surface area contributed by atoms with Crippen LogP contribution in [0.15, 0.2) is 60.9 Å². The first-order chi connectivity index (χ1) is 12.6. The molecule has 0 aliphatic rings. The molecular formula is C21H25N5. The number of nitrogens with zero attached hydrogens (tertiary/aromatic N) is 5. The maximum atomic E-state index is 4.77. The zero-order chi connectivity index (χ0) is 18.4. The van der Waals surface area contributed by atoms with Crippen molar-refractivity contribution in [3.8, 4) is 0 Å². The minimum Gasteiger partial charge on any atom is -0.359 e. The van der Waals surface area contributed by atoms with Crippen LogP contribution in [0.3, 0.4) is 0 Å².